The fourth-order valence-corrected chi connectivity index (χ4v) is 3.23. The molecule has 3 rings (SSSR count). The number of dihydropyridines is 1. The molecule has 0 radical (unpaired) electrons. The van der Waals surface area contributed by atoms with E-state index < -0.39 is 42.6 Å². The standard InChI is InChI=1S/C20H22N4O10/c1-10(2)31-20(26)33-18-12(4)21-11(3)17(32-19(25)29-8-9-30-24(27)28)15(18)13-6-5-7-14-16(13)23-34-22-14/h5-7,10,15,21H,8-9H2,1-4H3. The van der Waals surface area contributed by atoms with E-state index in [1.165, 1.54) is 0 Å². The predicted octanol–water partition coefficient (Wildman–Crippen LogP) is 3.30. The van der Waals surface area contributed by atoms with Crippen molar-refractivity contribution in [3.05, 3.63) is 56.8 Å². The SMILES string of the molecule is CC1=C(OC(=O)OCCO[N+](=O)[O-])C(c2cccc3nonc23)C(OC(=O)OC(C)C)=C(C)N1. The molecular weight excluding hydrogens is 456 g/mol. The molecule has 1 unspecified atom stereocenters. The van der Waals surface area contributed by atoms with Crippen LogP contribution in [0.15, 0.2) is 45.7 Å². The third-order valence-corrected chi connectivity index (χ3v) is 4.49. The number of carbonyl (C=O) groups is 2. The van der Waals surface area contributed by atoms with Crippen LogP contribution in [0, 0.1) is 10.1 Å². The van der Waals surface area contributed by atoms with Crippen molar-refractivity contribution >= 4 is 23.3 Å². The van der Waals surface area contributed by atoms with Gasteiger partial charge in [0.15, 0.2) is 0 Å². The number of aromatic nitrogens is 2. The van der Waals surface area contributed by atoms with Gasteiger partial charge in [-0.25, -0.2) is 14.2 Å². The summed E-state index contributed by atoms with van der Waals surface area (Å²) in [6.45, 7) is 5.74. The Hall–Kier alpha value is -4.36. The number of benzene rings is 1. The van der Waals surface area contributed by atoms with Gasteiger partial charge in [0.05, 0.1) is 17.5 Å². The molecule has 0 amide bonds. The van der Waals surface area contributed by atoms with E-state index in [2.05, 4.69) is 20.5 Å². The number of allylic oxidation sites excluding steroid dienone is 2. The van der Waals surface area contributed by atoms with E-state index in [0.29, 0.717) is 28.0 Å². The van der Waals surface area contributed by atoms with Crippen LogP contribution in [0.5, 0.6) is 0 Å². The average Bonchev–Trinajstić information content (AvgIpc) is 3.23. The van der Waals surface area contributed by atoms with Gasteiger partial charge in [-0.2, -0.15) is 0 Å². The minimum absolute atomic E-state index is 0.0358. The minimum Gasteiger partial charge on any atom is -0.432 e. The Bertz CT molecular complexity index is 1150. The van der Waals surface area contributed by atoms with Crippen LogP contribution >= 0.6 is 0 Å². The number of hydrogen-bond donors (Lipinski definition) is 1. The number of carbonyl (C=O) groups excluding carboxylic acids is 2. The maximum absolute atomic E-state index is 12.3. The molecule has 1 N–H and O–H groups in total. The number of nitrogens with one attached hydrogen (secondary N) is 1. The Morgan fingerprint density at radius 3 is 2.44 bits per heavy atom. The van der Waals surface area contributed by atoms with Crippen molar-refractivity contribution in [2.45, 2.75) is 39.7 Å². The van der Waals surface area contributed by atoms with E-state index in [1.54, 1.807) is 45.9 Å². The maximum Gasteiger partial charge on any atom is 0.513 e. The number of fused-ring (bicyclic) bond motifs is 1. The zero-order chi connectivity index (χ0) is 24.8. The van der Waals surface area contributed by atoms with E-state index in [9.17, 15) is 19.7 Å². The third kappa shape index (κ3) is 5.70. The first-order valence-corrected chi connectivity index (χ1v) is 10.1. The molecular formula is C20H22N4O10. The van der Waals surface area contributed by atoms with Gasteiger partial charge < -0.3 is 29.1 Å². The average molecular weight is 478 g/mol. The van der Waals surface area contributed by atoms with Gasteiger partial charge in [0.1, 0.15) is 41.7 Å². The lowest BCUT2D eigenvalue weighted by atomic mass is 9.89. The Balaban J connectivity index is 1.95. The van der Waals surface area contributed by atoms with Gasteiger partial charge in [-0.15, -0.1) is 10.1 Å². The van der Waals surface area contributed by atoms with Gasteiger partial charge in [0.2, 0.25) is 0 Å². The highest BCUT2D eigenvalue weighted by Gasteiger charge is 2.37. The van der Waals surface area contributed by atoms with E-state index in [0.717, 1.165) is 0 Å². The Morgan fingerprint density at radius 1 is 1.12 bits per heavy atom. The highest BCUT2D eigenvalue weighted by Crippen LogP contribution is 2.41. The van der Waals surface area contributed by atoms with Crippen LogP contribution in [0.2, 0.25) is 0 Å². The molecule has 1 aromatic heterocycles. The lowest BCUT2D eigenvalue weighted by Gasteiger charge is -2.30. The van der Waals surface area contributed by atoms with Crippen molar-refractivity contribution in [3.63, 3.8) is 0 Å². The summed E-state index contributed by atoms with van der Waals surface area (Å²) >= 11 is 0. The Labute approximate surface area is 192 Å². The van der Waals surface area contributed by atoms with Gasteiger partial charge in [-0.3, -0.25) is 0 Å². The molecule has 1 aliphatic rings. The summed E-state index contributed by atoms with van der Waals surface area (Å²) in [4.78, 5) is 39.0. The Kier molecular flexibility index (Phi) is 7.50. The summed E-state index contributed by atoms with van der Waals surface area (Å²) in [5.74, 6) is -0.820. The lowest BCUT2D eigenvalue weighted by molar-refractivity contribution is -0.757. The second-order valence-corrected chi connectivity index (χ2v) is 7.29. The van der Waals surface area contributed by atoms with Crippen molar-refractivity contribution in [1.82, 2.24) is 15.6 Å². The first kappa shape index (κ1) is 24.3. The lowest BCUT2D eigenvalue weighted by Crippen LogP contribution is -2.30. The van der Waals surface area contributed by atoms with E-state index in [4.69, 9.17) is 23.6 Å². The van der Waals surface area contributed by atoms with Crippen molar-refractivity contribution in [2.24, 2.45) is 0 Å². The molecule has 182 valence electrons. The van der Waals surface area contributed by atoms with Crippen LogP contribution < -0.4 is 5.32 Å². The summed E-state index contributed by atoms with van der Waals surface area (Å²) in [6, 6.07) is 5.03. The second kappa shape index (κ2) is 10.5. The highest BCUT2D eigenvalue weighted by molar-refractivity contribution is 5.79. The van der Waals surface area contributed by atoms with Gasteiger partial charge in [-0.1, -0.05) is 12.1 Å². The maximum atomic E-state index is 12.3. The van der Waals surface area contributed by atoms with Gasteiger partial charge >= 0.3 is 12.3 Å². The van der Waals surface area contributed by atoms with E-state index in [-0.39, 0.29) is 11.5 Å². The molecule has 14 nitrogen and oxygen atoms in total. The fraction of sp³-hybridized carbons (Fsp3) is 0.400. The summed E-state index contributed by atoms with van der Waals surface area (Å²) in [5, 5.41) is 19.9. The van der Waals surface area contributed by atoms with Crippen molar-refractivity contribution < 1.29 is 43.1 Å². The number of nitrogens with zero attached hydrogens (tertiary/aromatic N) is 3. The summed E-state index contributed by atoms with van der Waals surface area (Å²) in [6.07, 6.45) is -2.54. The molecule has 0 aliphatic carbocycles. The molecule has 1 aromatic carbocycles. The summed E-state index contributed by atoms with van der Waals surface area (Å²) < 4.78 is 25.7. The van der Waals surface area contributed by atoms with Crippen LogP contribution in [0.4, 0.5) is 9.59 Å². The van der Waals surface area contributed by atoms with E-state index in [1.807, 2.05) is 0 Å². The molecule has 34 heavy (non-hydrogen) atoms. The molecule has 2 heterocycles. The molecule has 2 aromatic rings. The topological polar surface area (TPSA) is 174 Å². The smallest absolute Gasteiger partial charge is 0.432 e. The van der Waals surface area contributed by atoms with Gasteiger partial charge in [-0.05, 0) is 44.1 Å². The van der Waals surface area contributed by atoms with Crippen LogP contribution in [0.3, 0.4) is 0 Å². The largest absolute Gasteiger partial charge is 0.513 e. The fourth-order valence-electron chi connectivity index (χ4n) is 3.23. The van der Waals surface area contributed by atoms with Crippen LogP contribution in [-0.4, -0.2) is 47.0 Å². The molecule has 0 spiro atoms. The molecule has 14 heteroatoms. The van der Waals surface area contributed by atoms with Crippen molar-refractivity contribution in [3.8, 4) is 0 Å². The molecule has 0 saturated heterocycles. The normalized spacial score (nSPS) is 15.7. The Morgan fingerprint density at radius 2 is 1.79 bits per heavy atom. The zero-order valence-electron chi connectivity index (χ0n) is 18.7. The zero-order valence-corrected chi connectivity index (χ0v) is 18.7. The molecule has 0 fully saturated rings. The quantitative estimate of drug-likeness (QED) is 0.253. The number of hydrogen-bond acceptors (Lipinski definition) is 13. The monoisotopic (exact) mass is 478 g/mol. The van der Waals surface area contributed by atoms with Crippen molar-refractivity contribution in [1.29, 1.82) is 0 Å². The van der Waals surface area contributed by atoms with Crippen LogP contribution in [0.1, 0.15) is 39.2 Å². The first-order chi connectivity index (χ1) is 16.2. The molecule has 0 bridgehead atoms. The number of ether oxygens (including phenoxy) is 4. The van der Waals surface area contributed by atoms with Gasteiger partial charge in [0, 0.05) is 5.56 Å². The second-order valence-electron chi connectivity index (χ2n) is 7.29. The summed E-state index contributed by atoms with van der Waals surface area (Å²) in [7, 11) is 0. The van der Waals surface area contributed by atoms with Crippen LogP contribution in [-0.2, 0) is 23.8 Å². The summed E-state index contributed by atoms with van der Waals surface area (Å²) in [5.41, 5.74) is 2.11. The predicted molar refractivity (Wildman–Crippen MR) is 111 cm³/mol. The third-order valence-electron chi connectivity index (χ3n) is 4.49. The van der Waals surface area contributed by atoms with Crippen molar-refractivity contribution in [2.75, 3.05) is 13.2 Å². The van der Waals surface area contributed by atoms with Crippen LogP contribution in [0.25, 0.3) is 11.0 Å². The van der Waals surface area contributed by atoms with E-state index >= 15 is 0 Å². The first-order valence-electron chi connectivity index (χ1n) is 10.1. The highest BCUT2D eigenvalue weighted by atomic mass is 17.0. The molecule has 0 saturated carbocycles. The number of rotatable bonds is 8. The molecule has 1 atom stereocenters. The van der Waals surface area contributed by atoms with Gasteiger partial charge in [0.25, 0.3) is 5.09 Å². The minimum atomic E-state index is -1.15. The molecule has 1 aliphatic heterocycles.